The first-order valence-corrected chi connectivity index (χ1v) is 3.87. The van der Waals surface area contributed by atoms with E-state index in [1.54, 1.807) is 0 Å². The van der Waals surface area contributed by atoms with E-state index in [0.717, 1.165) is 11.2 Å². The molecule has 1 aromatic carbocycles. The Kier molecular flexibility index (Phi) is 4.23. The molecule has 0 saturated heterocycles. The molecule has 0 aliphatic heterocycles. The number of nitrogens with two attached hydrogens (primary N) is 1. The third-order valence-corrected chi connectivity index (χ3v) is 2.15. The lowest BCUT2D eigenvalue weighted by Gasteiger charge is -1.92. The molecule has 0 radical (unpaired) electrons. The molecule has 0 aliphatic rings. The molecule has 5 heteroatoms. The summed E-state index contributed by atoms with van der Waals surface area (Å²) in [5.41, 5.74) is 8.54. The van der Waals surface area contributed by atoms with Gasteiger partial charge >= 0.3 is 0 Å². The third kappa shape index (κ3) is 1.94. The zero-order valence-electron chi connectivity index (χ0n) is 8.02. The van der Waals surface area contributed by atoms with Crippen molar-refractivity contribution >= 4 is 41.4 Å². The van der Waals surface area contributed by atoms with Crippen molar-refractivity contribution < 1.29 is 0 Å². The van der Waals surface area contributed by atoms with Gasteiger partial charge in [-0.05, 0) is 25.1 Å². The summed E-state index contributed by atoms with van der Waals surface area (Å²) in [6, 6.07) is 5.80. The summed E-state index contributed by atoms with van der Waals surface area (Å²) in [5.74, 6) is 0. The van der Waals surface area contributed by atoms with Crippen molar-refractivity contribution in [2.24, 2.45) is 7.05 Å². The number of fused-ring (bicyclic) bond motifs is 1. The molecule has 0 saturated carbocycles. The number of rotatable bonds is 0. The molecule has 0 atom stereocenters. The minimum atomic E-state index is 0. The van der Waals surface area contributed by atoms with E-state index in [-0.39, 0.29) is 24.8 Å². The van der Waals surface area contributed by atoms with Crippen molar-refractivity contribution in [3.8, 4) is 0 Å². The van der Waals surface area contributed by atoms with E-state index in [4.69, 9.17) is 5.73 Å². The number of hydrogen-bond acceptors (Lipinski definition) is 2. The fourth-order valence-corrected chi connectivity index (χ4v) is 1.35. The van der Waals surface area contributed by atoms with Crippen molar-refractivity contribution in [3.63, 3.8) is 0 Å². The lowest BCUT2D eigenvalue weighted by atomic mass is 10.2. The van der Waals surface area contributed by atoms with Crippen LogP contribution in [-0.2, 0) is 7.05 Å². The number of nitrogen functional groups attached to an aromatic ring is 1. The molecule has 2 aromatic rings. The quantitative estimate of drug-likeness (QED) is 0.711. The number of aromatic nitrogens is 2. The van der Waals surface area contributed by atoms with Crippen molar-refractivity contribution in [2.75, 3.05) is 5.73 Å². The van der Waals surface area contributed by atoms with Crippen LogP contribution in [0.2, 0.25) is 0 Å². The second kappa shape index (κ2) is 4.53. The molecule has 3 nitrogen and oxygen atoms in total. The highest BCUT2D eigenvalue weighted by Crippen LogP contribution is 2.18. The monoisotopic (exact) mass is 233 g/mol. The fraction of sp³-hybridized carbons (Fsp3) is 0.222. The third-order valence-electron chi connectivity index (χ3n) is 2.15. The van der Waals surface area contributed by atoms with Crippen molar-refractivity contribution in [2.45, 2.75) is 6.92 Å². The highest BCUT2D eigenvalue weighted by molar-refractivity contribution is 5.85. The first-order chi connectivity index (χ1) is 5.68. The zero-order valence-corrected chi connectivity index (χ0v) is 9.65. The van der Waals surface area contributed by atoms with Crippen LogP contribution in [0.25, 0.3) is 10.9 Å². The van der Waals surface area contributed by atoms with Gasteiger partial charge in [0, 0.05) is 23.8 Å². The second-order valence-electron chi connectivity index (χ2n) is 2.99. The normalized spacial score (nSPS) is 9.29. The Labute approximate surface area is 95.1 Å². The highest BCUT2D eigenvalue weighted by Gasteiger charge is 2.03. The molecule has 0 unspecified atom stereocenters. The van der Waals surface area contributed by atoms with E-state index in [9.17, 15) is 0 Å². The molecule has 0 amide bonds. The molecule has 0 bridgehead atoms. The van der Waals surface area contributed by atoms with Gasteiger partial charge in [-0.2, -0.15) is 5.10 Å². The van der Waals surface area contributed by atoms with E-state index in [0.29, 0.717) is 0 Å². The maximum Gasteiger partial charge on any atom is 0.0946 e. The highest BCUT2D eigenvalue weighted by atomic mass is 35.5. The van der Waals surface area contributed by atoms with Crippen LogP contribution in [0.15, 0.2) is 18.2 Å². The molecule has 1 heterocycles. The fourth-order valence-electron chi connectivity index (χ4n) is 1.35. The number of hydrogen-bond donors (Lipinski definition) is 1. The summed E-state index contributed by atoms with van der Waals surface area (Å²) in [7, 11) is 1.94. The van der Waals surface area contributed by atoms with Crippen LogP contribution in [0, 0.1) is 6.92 Å². The summed E-state index contributed by atoms with van der Waals surface area (Å²) < 4.78 is 1.87. The predicted octanol–water partition coefficient (Wildman–Crippen LogP) is 2.31. The maximum atomic E-state index is 5.63. The summed E-state index contributed by atoms with van der Waals surface area (Å²) in [6.45, 7) is 2.05. The Bertz CT molecular complexity index is 437. The average Bonchev–Trinajstić information content (AvgIpc) is 2.28. The lowest BCUT2D eigenvalue weighted by molar-refractivity contribution is 0.751. The smallest absolute Gasteiger partial charge is 0.0946 e. The Morgan fingerprint density at radius 1 is 1.29 bits per heavy atom. The van der Waals surface area contributed by atoms with Gasteiger partial charge in [0.1, 0.15) is 0 Å². The molecular formula is C9H13Cl2N3. The van der Waals surface area contributed by atoms with Crippen LogP contribution in [0.4, 0.5) is 5.69 Å². The number of halogens is 2. The zero-order chi connectivity index (χ0) is 8.72. The van der Waals surface area contributed by atoms with E-state index >= 15 is 0 Å². The number of aryl methyl sites for hydroxylation is 2. The van der Waals surface area contributed by atoms with Crippen LogP contribution in [0.3, 0.4) is 0 Å². The molecule has 0 fully saturated rings. The standard InChI is InChI=1S/C9H11N3.2ClH/c1-6-8-4-3-7(10)5-9(8)11-12(6)2;;/h3-5H,10H2,1-2H3;2*1H. The van der Waals surface area contributed by atoms with Gasteiger partial charge in [-0.15, -0.1) is 24.8 Å². The van der Waals surface area contributed by atoms with Crippen molar-refractivity contribution in [1.82, 2.24) is 9.78 Å². The molecule has 2 rings (SSSR count). The first kappa shape index (κ1) is 13.1. The molecule has 0 spiro atoms. The average molecular weight is 234 g/mol. The van der Waals surface area contributed by atoms with Gasteiger partial charge < -0.3 is 5.73 Å². The van der Waals surface area contributed by atoms with Gasteiger partial charge in [-0.3, -0.25) is 4.68 Å². The van der Waals surface area contributed by atoms with E-state index < -0.39 is 0 Å². The first-order valence-electron chi connectivity index (χ1n) is 3.87. The maximum absolute atomic E-state index is 5.63. The van der Waals surface area contributed by atoms with Crippen LogP contribution >= 0.6 is 24.8 Å². The van der Waals surface area contributed by atoms with Gasteiger partial charge in [0.25, 0.3) is 0 Å². The molecule has 2 N–H and O–H groups in total. The van der Waals surface area contributed by atoms with Gasteiger partial charge in [-0.1, -0.05) is 0 Å². The van der Waals surface area contributed by atoms with Crippen LogP contribution < -0.4 is 5.73 Å². The SMILES string of the molecule is Cc1c2ccc(N)cc2nn1C.Cl.Cl. The topological polar surface area (TPSA) is 43.8 Å². The van der Waals surface area contributed by atoms with E-state index in [1.165, 1.54) is 11.1 Å². The number of anilines is 1. The van der Waals surface area contributed by atoms with E-state index in [2.05, 4.69) is 5.10 Å². The minimum absolute atomic E-state index is 0. The minimum Gasteiger partial charge on any atom is -0.399 e. The summed E-state index contributed by atoms with van der Waals surface area (Å²) in [4.78, 5) is 0. The largest absolute Gasteiger partial charge is 0.399 e. The number of benzene rings is 1. The van der Waals surface area contributed by atoms with Crippen molar-refractivity contribution in [3.05, 3.63) is 23.9 Å². The van der Waals surface area contributed by atoms with Gasteiger partial charge in [-0.25, -0.2) is 0 Å². The molecule has 1 aromatic heterocycles. The van der Waals surface area contributed by atoms with Gasteiger partial charge in [0.05, 0.1) is 5.52 Å². The van der Waals surface area contributed by atoms with Crippen LogP contribution in [-0.4, -0.2) is 9.78 Å². The summed E-state index contributed by atoms with van der Waals surface area (Å²) in [6.07, 6.45) is 0. The number of nitrogens with zero attached hydrogens (tertiary/aromatic N) is 2. The molecule has 14 heavy (non-hydrogen) atoms. The van der Waals surface area contributed by atoms with Gasteiger partial charge in [0.2, 0.25) is 0 Å². The molecule has 78 valence electrons. The summed E-state index contributed by atoms with van der Waals surface area (Å²) >= 11 is 0. The predicted molar refractivity (Wildman–Crippen MR) is 64.4 cm³/mol. The molecular weight excluding hydrogens is 221 g/mol. The second-order valence-corrected chi connectivity index (χ2v) is 2.99. The van der Waals surface area contributed by atoms with Crippen LogP contribution in [0.1, 0.15) is 5.69 Å². The molecule has 0 aliphatic carbocycles. The van der Waals surface area contributed by atoms with Crippen molar-refractivity contribution in [1.29, 1.82) is 0 Å². The van der Waals surface area contributed by atoms with E-state index in [1.807, 2.05) is 36.9 Å². The Hall–Kier alpha value is -0.930. The lowest BCUT2D eigenvalue weighted by Crippen LogP contribution is -1.91. The Morgan fingerprint density at radius 2 is 1.93 bits per heavy atom. The summed E-state index contributed by atoms with van der Waals surface area (Å²) in [5, 5.41) is 5.48. The Morgan fingerprint density at radius 3 is 2.57 bits per heavy atom. The van der Waals surface area contributed by atoms with Crippen LogP contribution in [0.5, 0.6) is 0 Å². The Balaban J connectivity index is 0.000000845. The van der Waals surface area contributed by atoms with Gasteiger partial charge in [0.15, 0.2) is 0 Å².